The van der Waals surface area contributed by atoms with Crippen molar-refractivity contribution in [1.29, 1.82) is 0 Å². The second-order valence-electron chi connectivity index (χ2n) is 6.19. The molecule has 0 amide bonds. The van der Waals surface area contributed by atoms with E-state index in [-0.39, 0.29) is 4.90 Å². The first-order valence-electron chi connectivity index (χ1n) is 8.98. The zero-order valence-corrected chi connectivity index (χ0v) is 18.0. The first-order valence-corrected chi connectivity index (χ1v) is 12.2. The van der Waals surface area contributed by atoms with Gasteiger partial charge in [-0.15, -0.1) is 11.3 Å². The van der Waals surface area contributed by atoms with Crippen LogP contribution in [0.25, 0.3) is 21.3 Å². The molecule has 0 saturated heterocycles. The smallest absolute Gasteiger partial charge is 0.243 e. The summed E-state index contributed by atoms with van der Waals surface area (Å²) in [6, 6.07) is 13.1. The molecule has 0 aliphatic carbocycles. The van der Waals surface area contributed by atoms with Crippen LogP contribution in [0.4, 0.5) is 0 Å². The number of benzene rings is 2. The van der Waals surface area contributed by atoms with Crippen molar-refractivity contribution < 1.29 is 8.42 Å². The Hall–Kier alpha value is -1.94. The Morgan fingerprint density at radius 1 is 1.07 bits per heavy atom. The Morgan fingerprint density at radius 3 is 2.61 bits per heavy atom. The van der Waals surface area contributed by atoms with Gasteiger partial charge in [-0.05, 0) is 30.3 Å². The van der Waals surface area contributed by atoms with Gasteiger partial charge in [0.05, 0.1) is 31.9 Å². The van der Waals surface area contributed by atoms with E-state index in [4.69, 9.17) is 0 Å². The maximum atomic E-state index is 12.7. The summed E-state index contributed by atoms with van der Waals surface area (Å²) in [5.41, 5.74) is 2.50. The maximum absolute atomic E-state index is 12.7. The minimum absolute atomic E-state index is 0.290. The summed E-state index contributed by atoms with van der Waals surface area (Å²) in [6.07, 6.45) is 0. The van der Waals surface area contributed by atoms with Gasteiger partial charge in [-0.1, -0.05) is 37.7 Å². The van der Waals surface area contributed by atoms with Crippen molar-refractivity contribution in [3.63, 3.8) is 0 Å². The van der Waals surface area contributed by atoms with Gasteiger partial charge in [-0.25, -0.2) is 18.4 Å². The molecule has 0 aliphatic heterocycles. The van der Waals surface area contributed by atoms with Crippen LogP contribution in [0.15, 0.2) is 51.7 Å². The van der Waals surface area contributed by atoms with Crippen molar-refractivity contribution in [3.05, 3.63) is 48.3 Å². The van der Waals surface area contributed by atoms with Crippen LogP contribution in [0.2, 0.25) is 0 Å². The molecule has 0 atom stereocenters. The van der Waals surface area contributed by atoms with E-state index in [0.717, 1.165) is 26.7 Å². The lowest BCUT2D eigenvalue weighted by atomic mass is 10.3. The van der Waals surface area contributed by atoms with Gasteiger partial charge in [-0.3, -0.25) is 0 Å². The van der Waals surface area contributed by atoms with Crippen molar-refractivity contribution in [3.8, 4) is 0 Å². The van der Waals surface area contributed by atoms with Crippen LogP contribution < -0.4 is 0 Å². The normalized spacial score (nSPS) is 12.4. The molecule has 0 saturated carbocycles. The number of imidazole rings is 1. The van der Waals surface area contributed by atoms with Crippen molar-refractivity contribution in [1.82, 2.24) is 19.3 Å². The summed E-state index contributed by atoms with van der Waals surface area (Å²) >= 11 is 3.29. The van der Waals surface area contributed by atoms with Crippen molar-refractivity contribution in [2.75, 3.05) is 13.1 Å². The molecule has 146 valence electrons. The topological polar surface area (TPSA) is 79.0 Å². The highest BCUT2D eigenvalue weighted by Gasteiger charge is 2.22. The lowest BCUT2D eigenvalue weighted by Crippen LogP contribution is -2.30. The fourth-order valence-electron chi connectivity index (χ4n) is 3.03. The van der Waals surface area contributed by atoms with Crippen LogP contribution in [0.5, 0.6) is 0 Å². The second-order valence-corrected chi connectivity index (χ2v) is 10.4. The van der Waals surface area contributed by atoms with E-state index in [9.17, 15) is 8.42 Å². The third-order valence-electron chi connectivity index (χ3n) is 4.45. The molecular weight excluding hydrogens is 412 g/mol. The quantitative estimate of drug-likeness (QED) is 0.435. The highest BCUT2D eigenvalue weighted by atomic mass is 32.2. The van der Waals surface area contributed by atoms with Gasteiger partial charge in [0, 0.05) is 13.1 Å². The number of hydrogen-bond donors (Lipinski definition) is 1. The number of aromatic amines is 1. The van der Waals surface area contributed by atoms with Crippen LogP contribution in [-0.2, 0) is 15.8 Å². The average Bonchev–Trinajstić information content (AvgIpc) is 3.29. The maximum Gasteiger partial charge on any atom is 0.243 e. The summed E-state index contributed by atoms with van der Waals surface area (Å²) in [6.45, 7) is 4.58. The summed E-state index contributed by atoms with van der Waals surface area (Å²) in [5, 5.41) is 0. The predicted octanol–water partition coefficient (Wildman–Crippen LogP) is 4.50. The number of H-pyrrole nitrogens is 1. The molecule has 0 unspecified atom stereocenters. The summed E-state index contributed by atoms with van der Waals surface area (Å²) in [5.74, 6) is 1.45. The molecule has 1 N–H and O–H groups in total. The van der Waals surface area contributed by atoms with E-state index in [1.807, 2.05) is 32.0 Å². The molecule has 0 spiro atoms. The first kappa shape index (κ1) is 19.4. The number of aromatic nitrogens is 3. The Bertz CT molecular complexity index is 1190. The van der Waals surface area contributed by atoms with E-state index < -0.39 is 10.0 Å². The molecule has 2 aromatic carbocycles. The largest absolute Gasteiger partial charge is 0.341 e. The van der Waals surface area contributed by atoms with E-state index in [1.165, 1.54) is 9.01 Å². The van der Waals surface area contributed by atoms with E-state index in [2.05, 4.69) is 21.0 Å². The summed E-state index contributed by atoms with van der Waals surface area (Å²) in [7, 11) is -3.48. The minimum atomic E-state index is -3.48. The van der Waals surface area contributed by atoms with E-state index in [1.54, 1.807) is 41.3 Å². The number of fused-ring (bicyclic) bond motifs is 2. The van der Waals surface area contributed by atoms with E-state index >= 15 is 0 Å². The number of rotatable bonds is 7. The first-order chi connectivity index (χ1) is 13.5. The average molecular weight is 433 g/mol. The van der Waals surface area contributed by atoms with Gasteiger partial charge < -0.3 is 4.98 Å². The molecule has 4 rings (SSSR count). The van der Waals surface area contributed by atoms with Gasteiger partial charge in [0.1, 0.15) is 5.82 Å². The standard InChI is InChI=1S/C19H20N4O2S3/c1-3-23(4-2)28(24,25)13-9-10-14-16(11-13)21-18(20-14)12-26-19-22-15-7-5-6-8-17(15)27-19/h5-11H,3-4,12H2,1-2H3,(H,20,21). The van der Waals surface area contributed by atoms with Gasteiger partial charge in [0.2, 0.25) is 10.0 Å². The fraction of sp³-hybridized carbons (Fsp3) is 0.263. The number of hydrogen-bond acceptors (Lipinski definition) is 6. The van der Waals surface area contributed by atoms with Crippen LogP contribution in [0, 0.1) is 0 Å². The fourth-order valence-corrected chi connectivity index (χ4v) is 6.45. The van der Waals surface area contributed by atoms with Crippen LogP contribution in [0.3, 0.4) is 0 Å². The van der Waals surface area contributed by atoms with Gasteiger partial charge in [-0.2, -0.15) is 4.31 Å². The lowest BCUT2D eigenvalue weighted by molar-refractivity contribution is 0.445. The van der Waals surface area contributed by atoms with E-state index in [0.29, 0.717) is 18.8 Å². The highest BCUT2D eigenvalue weighted by Crippen LogP contribution is 2.31. The molecule has 6 nitrogen and oxygen atoms in total. The van der Waals surface area contributed by atoms with Gasteiger partial charge in [0.25, 0.3) is 0 Å². The molecule has 0 bridgehead atoms. The molecule has 9 heteroatoms. The lowest BCUT2D eigenvalue weighted by Gasteiger charge is -2.18. The zero-order valence-electron chi connectivity index (χ0n) is 15.5. The Morgan fingerprint density at radius 2 is 1.86 bits per heavy atom. The molecule has 2 heterocycles. The van der Waals surface area contributed by atoms with Crippen molar-refractivity contribution >= 4 is 54.4 Å². The summed E-state index contributed by atoms with van der Waals surface area (Å²) < 4.78 is 29.1. The number of sulfonamides is 1. The predicted molar refractivity (Wildman–Crippen MR) is 115 cm³/mol. The van der Waals surface area contributed by atoms with Gasteiger partial charge >= 0.3 is 0 Å². The minimum Gasteiger partial charge on any atom is -0.341 e. The number of nitrogens with zero attached hydrogens (tertiary/aromatic N) is 3. The number of thiazole rings is 1. The molecule has 0 fully saturated rings. The second kappa shape index (κ2) is 7.82. The van der Waals surface area contributed by atoms with Crippen LogP contribution in [-0.4, -0.2) is 40.8 Å². The zero-order chi connectivity index (χ0) is 19.7. The Labute approximate surface area is 172 Å². The molecule has 28 heavy (non-hydrogen) atoms. The van der Waals surface area contributed by atoms with Crippen molar-refractivity contribution in [2.45, 2.75) is 28.8 Å². The number of thioether (sulfide) groups is 1. The number of para-hydroxylation sites is 1. The van der Waals surface area contributed by atoms with Gasteiger partial charge in [0.15, 0.2) is 4.34 Å². The monoisotopic (exact) mass is 432 g/mol. The molecular formula is C19H20N4O2S3. The molecule has 2 aromatic heterocycles. The number of nitrogens with one attached hydrogen (secondary N) is 1. The Kier molecular flexibility index (Phi) is 5.42. The SMILES string of the molecule is CCN(CC)S(=O)(=O)c1ccc2nc(CSc3nc4ccccc4s3)[nH]c2c1. The van der Waals surface area contributed by atoms with Crippen LogP contribution >= 0.6 is 23.1 Å². The summed E-state index contributed by atoms with van der Waals surface area (Å²) in [4.78, 5) is 12.7. The third kappa shape index (κ3) is 3.67. The van der Waals surface area contributed by atoms with Crippen molar-refractivity contribution in [2.24, 2.45) is 0 Å². The Balaban J connectivity index is 1.56. The third-order valence-corrected chi connectivity index (χ3v) is 8.69. The molecule has 0 radical (unpaired) electrons. The molecule has 0 aliphatic rings. The van der Waals surface area contributed by atoms with Crippen LogP contribution in [0.1, 0.15) is 19.7 Å². The highest BCUT2D eigenvalue weighted by molar-refractivity contribution is 8.00. The molecule has 4 aromatic rings.